The Bertz CT molecular complexity index is 129. The number of carbonyl (C=O) groups is 1. The molecule has 0 aromatic rings. The van der Waals surface area contributed by atoms with Gasteiger partial charge >= 0.3 is 5.97 Å². The molecule has 0 aliphatic carbocycles. The van der Waals surface area contributed by atoms with E-state index < -0.39 is 5.97 Å². The van der Waals surface area contributed by atoms with Crippen molar-refractivity contribution >= 4 is 5.97 Å². The Labute approximate surface area is 54.4 Å². The van der Waals surface area contributed by atoms with E-state index >= 15 is 0 Å². The van der Waals surface area contributed by atoms with Gasteiger partial charge in [-0.15, -0.1) is 0 Å². The molecule has 0 radical (unpaired) electrons. The van der Waals surface area contributed by atoms with E-state index in [9.17, 15) is 4.79 Å². The number of carbonyl (C=O) groups excluding carboxylic acids is 1. The van der Waals surface area contributed by atoms with Crippen molar-refractivity contribution in [1.29, 1.82) is 0 Å². The van der Waals surface area contributed by atoms with Gasteiger partial charge in [0.1, 0.15) is 0 Å². The molecule has 52 valence electrons. The minimum Gasteiger partial charge on any atom is -0.370 e. The fourth-order valence-corrected chi connectivity index (χ4v) is 0.482. The molecule has 2 N–H and O–H groups in total. The van der Waals surface area contributed by atoms with Gasteiger partial charge in [0.15, 0.2) is 0 Å². The molecule has 0 saturated heterocycles. The molecule has 0 aliphatic heterocycles. The first-order valence-electron chi connectivity index (χ1n) is 2.80. The van der Waals surface area contributed by atoms with Crippen molar-refractivity contribution in [1.82, 2.24) is 0 Å². The summed E-state index contributed by atoms with van der Waals surface area (Å²) in [7, 11) is 0. The Balaban J connectivity index is 3.86. The first-order valence-corrected chi connectivity index (χ1v) is 2.80. The summed E-state index contributed by atoms with van der Waals surface area (Å²) in [6.45, 7) is 3.60. The Morgan fingerprint density at radius 1 is 1.78 bits per heavy atom. The topological polar surface area (TPSA) is 52.3 Å². The minimum absolute atomic E-state index is 0.461. The van der Waals surface area contributed by atoms with E-state index in [0.29, 0.717) is 5.57 Å². The summed E-state index contributed by atoms with van der Waals surface area (Å²) < 4.78 is 0. The molecular formula is C6H11NO2. The van der Waals surface area contributed by atoms with Crippen LogP contribution in [0.1, 0.15) is 20.3 Å². The molecule has 0 aromatic carbocycles. The largest absolute Gasteiger partial charge is 0.370 e. The fraction of sp³-hybridized carbons (Fsp3) is 0.500. The highest BCUT2D eigenvalue weighted by molar-refractivity contribution is 5.87. The molecule has 0 spiro atoms. The van der Waals surface area contributed by atoms with Crippen molar-refractivity contribution in [2.24, 2.45) is 5.90 Å². The Morgan fingerprint density at radius 2 is 2.33 bits per heavy atom. The van der Waals surface area contributed by atoms with Crippen molar-refractivity contribution in [3.05, 3.63) is 11.6 Å². The van der Waals surface area contributed by atoms with Gasteiger partial charge in [-0.1, -0.05) is 13.0 Å². The molecule has 0 amide bonds. The van der Waals surface area contributed by atoms with Gasteiger partial charge < -0.3 is 4.84 Å². The predicted molar refractivity (Wildman–Crippen MR) is 34.3 cm³/mol. The monoisotopic (exact) mass is 129 g/mol. The standard InChI is InChI=1S/C6H11NO2/c1-3-4-5(2)6(8)9-7/h4H,3,7H2,1-2H3/b5-4+. The zero-order chi connectivity index (χ0) is 7.28. The summed E-state index contributed by atoms with van der Waals surface area (Å²) in [6.07, 6.45) is 2.58. The van der Waals surface area contributed by atoms with Crippen LogP contribution >= 0.6 is 0 Å². The molecule has 0 bridgehead atoms. The van der Waals surface area contributed by atoms with Crippen molar-refractivity contribution in [2.45, 2.75) is 20.3 Å². The Morgan fingerprint density at radius 3 is 2.67 bits per heavy atom. The summed E-state index contributed by atoms with van der Waals surface area (Å²) in [5.41, 5.74) is 0.556. The second-order valence-electron chi connectivity index (χ2n) is 1.70. The lowest BCUT2D eigenvalue weighted by atomic mass is 10.2. The number of nitrogens with two attached hydrogens (primary N) is 1. The van der Waals surface area contributed by atoms with Crippen LogP contribution < -0.4 is 5.90 Å². The summed E-state index contributed by atoms with van der Waals surface area (Å²) in [4.78, 5) is 14.4. The van der Waals surface area contributed by atoms with Crippen LogP contribution in [0.5, 0.6) is 0 Å². The lowest BCUT2D eigenvalue weighted by molar-refractivity contribution is -0.139. The summed E-state index contributed by atoms with van der Waals surface area (Å²) in [6, 6.07) is 0. The van der Waals surface area contributed by atoms with Gasteiger partial charge in [-0.25, -0.2) is 4.79 Å². The van der Waals surface area contributed by atoms with Crippen molar-refractivity contribution in [3.8, 4) is 0 Å². The third kappa shape index (κ3) is 2.87. The van der Waals surface area contributed by atoms with E-state index in [0.717, 1.165) is 6.42 Å². The van der Waals surface area contributed by atoms with E-state index in [1.54, 1.807) is 13.0 Å². The lowest BCUT2D eigenvalue weighted by Crippen LogP contribution is -2.10. The maximum absolute atomic E-state index is 10.5. The number of hydrogen-bond donors (Lipinski definition) is 1. The second-order valence-corrected chi connectivity index (χ2v) is 1.70. The van der Waals surface area contributed by atoms with E-state index in [-0.39, 0.29) is 0 Å². The number of hydrogen-bond acceptors (Lipinski definition) is 3. The van der Waals surface area contributed by atoms with Gasteiger partial charge in [0.2, 0.25) is 0 Å². The molecule has 0 heterocycles. The molecule has 0 rings (SSSR count). The first-order chi connectivity index (χ1) is 4.22. The Hall–Kier alpha value is -0.830. The van der Waals surface area contributed by atoms with Crippen LogP contribution in [-0.4, -0.2) is 5.97 Å². The van der Waals surface area contributed by atoms with E-state index in [2.05, 4.69) is 10.7 Å². The van der Waals surface area contributed by atoms with Crippen molar-refractivity contribution in [2.75, 3.05) is 0 Å². The number of rotatable bonds is 2. The molecule has 0 atom stereocenters. The van der Waals surface area contributed by atoms with E-state index in [4.69, 9.17) is 0 Å². The second kappa shape index (κ2) is 4.09. The van der Waals surface area contributed by atoms with Crippen LogP contribution in [0.2, 0.25) is 0 Å². The molecule has 0 fully saturated rings. The summed E-state index contributed by atoms with van der Waals surface area (Å²) >= 11 is 0. The molecular weight excluding hydrogens is 118 g/mol. The highest BCUT2D eigenvalue weighted by Crippen LogP contribution is 1.95. The molecule has 9 heavy (non-hydrogen) atoms. The number of allylic oxidation sites excluding steroid dienone is 1. The summed E-state index contributed by atoms with van der Waals surface area (Å²) in [5, 5.41) is 0. The maximum Gasteiger partial charge on any atom is 0.351 e. The van der Waals surface area contributed by atoms with Crippen LogP contribution in [0.15, 0.2) is 11.6 Å². The molecule has 3 heteroatoms. The van der Waals surface area contributed by atoms with Gasteiger partial charge in [-0.05, 0) is 13.3 Å². The normalized spacial score (nSPS) is 11.2. The van der Waals surface area contributed by atoms with Gasteiger partial charge in [0.05, 0.1) is 0 Å². The average molecular weight is 129 g/mol. The van der Waals surface area contributed by atoms with Crippen LogP contribution in [0.4, 0.5) is 0 Å². The maximum atomic E-state index is 10.5. The molecule has 3 nitrogen and oxygen atoms in total. The van der Waals surface area contributed by atoms with E-state index in [1.807, 2.05) is 6.92 Å². The van der Waals surface area contributed by atoms with Crippen LogP contribution in [0.25, 0.3) is 0 Å². The minimum atomic E-state index is -0.461. The highest BCUT2D eigenvalue weighted by atomic mass is 16.7. The molecule has 0 aromatic heterocycles. The fourth-order valence-electron chi connectivity index (χ4n) is 0.482. The highest BCUT2D eigenvalue weighted by Gasteiger charge is 2.00. The molecule has 0 aliphatic rings. The zero-order valence-corrected chi connectivity index (χ0v) is 5.68. The van der Waals surface area contributed by atoms with Gasteiger partial charge in [0.25, 0.3) is 0 Å². The summed E-state index contributed by atoms with van der Waals surface area (Å²) in [5.74, 6) is 4.15. The van der Waals surface area contributed by atoms with E-state index in [1.165, 1.54) is 0 Å². The SMILES string of the molecule is CC/C=C(\C)C(=O)ON. The van der Waals surface area contributed by atoms with Crippen LogP contribution in [0, 0.1) is 0 Å². The van der Waals surface area contributed by atoms with Crippen molar-refractivity contribution in [3.63, 3.8) is 0 Å². The Kier molecular flexibility index (Phi) is 3.71. The van der Waals surface area contributed by atoms with Gasteiger partial charge in [0, 0.05) is 5.57 Å². The molecule has 0 saturated carbocycles. The smallest absolute Gasteiger partial charge is 0.351 e. The van der Waals surface area contributed by atoms with Crippen LogP contribution in [0.3, 0.4) is 0 Å². The third-order valence-electron chi connectivity index (χ3n) is 0.939. The first kappa shape index (κ1) is 8.17. The average Bonchev–Trinajstić information content (AvgIpc) is 1.87. The zero-order valence-electron chi connectivity index (χ0n) is 5.68. The van der Waals surface area contributed by atoms with Gasteiger partial charge in [-0.3, -0.25) is 0 Å². The molecule has 0 unspecified atom stereocenters. The lowest BCUT2D eigenvalue weighted by Gasteiger charge is -1.94. The van der Waals surface area contributed by atoms with Gasteiger partial charge in [-0.2, -0.15) is 5.90 Å². The quantitative estimate of drug-likeness (QED) is 0.442. The van der Waals surface area contributed by atoms with Crippen LogP contribution in [-0.2, 0) is 9.63 Å². The predicted octanol–water partition coefficient (Wildman–Crippen LogP) is 0.760. The third-order valence-corrected chi connectivity index (χ3v) is 0.939. The van der Waals surface area contributed by atoms with Crippen molar-refractivity contribution < 1.29 is 9.63 Å².